The van der Waals surface area contributed by atoms with Crippen LogP contribution >= 0.6 is 0 Å². The second-order valence-electron chi connectivity index (χ2n) is 6.45. The summed E-state index contributed by atoms with van der Waals surface area (Å²) >= 11 is 0. The van der Waals surface area contributed by atoms with Crippen molar-refractivity contribution in [3.63, 3.8) is 0 Å². The summed E-state index contributed by atoms with van der Waals surface area (Å²) in [4.78, 5) is 12.4. The van der Waals surface area contributed by atoms with E-state index >= 15 is 0 Å². The van der Waals surface area contributed by atoms with Gasteiger partial charge in [-0.2, -0.15) is 0 Å². The summed E-state index contributed by atoms with van der Waals surface area (Å²) in [5, 5.41) is 2.71. The molecule has 0 saturated carbocycles. The zero-order chi connectivity index (χ0) is 20.7. The molecule has 0 bridgehead atoms. The molecule has 3 rings (SSSR count). The number of carbonyl (C=O) groups is 1. The molecule has 1 N–H and O–H groups in total. The Morgan fingerprint density at radius 3 is 2.07 bits per heavy atom. The summed E-state index contributed by atoms with van der Waals surface area (Å²) < 4.78 is 31.0. The lowest BCUT2D eigenvalue weighted by Crippen LogP contribution is -2.37. The molecule has 7 heteroatoms. The van der Waals surface area contributed by atoms with E-state index < -0.39 is 15.9 Å². The topological polar surface area (TPSA) is 75.7 Å². The van der Waals surface area contributed by atoms with Crippen LogP contribution in [-0.2, 0) is 21.4 Å². The number of carbonyl (C=O) groups excluding carboxylic acids is 1. The smallest absolute Gasteiger partial charge is 0.245 e. The van der Waals surface area contributed by atoms with Gasteiger partial charge in [0.1, 0.15) is 18.9 Å². The Labute approximate surface area is 170 Å². The number of benzene rings is 3. The minimum atomic E-state index is -3.59. The highest BCUT2D eigenvalue weighted by molar-refractivity contribution is 7.92. The number of nitrogens with zero attached hydrogens (tertiary/aromatic N) is 1. The summed E-state index contributed by atoms with van der Waals surface area (Å²) in [5.41, 5.74) is 2.06. The van der Waals surface area contributed by atoms with Crippen LogP contribution in [0.3, 0.4) is 0 Å². The van der Waals surface area contributed by atoms with Crippen LogP contribution < -0.4 is 14.4 Å². The molecule has 6 nitrogen and oxygen atoms in total. The van der Waals surface area contributed by atoms with Crippen molar-refractivity contribution in [2.24, 2.45) is 0 Å². The van der Waals surface area contributed by atoms with E-state index in [0.29, 0.717) is 23.7 Å². The van der Waals surface area contributed by atoms with Crippen molar-refractivity contribution in [1.82, 2.24) is 0 Å². The molecule has 3 aromatic rings. The van der Waals surface area contributed by atoms with E-state index in [0.717, 1.165) is 16.1 Å². The van der Waals surface area contributed by atoms with Crippen LogP contribution in [-0.4, -0.2) is 27.1 Å². The maximum atomic E-state index is 12.4. The summed E-state index contributed by atoms with van der Waals surface area (Å²) in [5.74, 6) is 0.242. The minimum Gasteiger partial charge on any atom is -0.489 e. The van der Waals surface area contributed by atoms with Crippen molar-refractivity contribution < 1.29 is 17.9 Å². The minimum absolute atomic E-state index is 0.310. The van der Waals surface area contributed by atoms with Gasteiger partial charge in [-0.1, -0.05) is 48.5 Å². The predicted octanol–water partition coefficient (Wildman–Crippen LogP) is 3.67. The fraction of sp³-hybridized carbons (Fsp3) is 0.136. The van der Waals surface area contributed by atoms with Gasteiger partial charge >= 0.3 is 0 Å². The molecule has 0 radical (unpaired) electrons. The van der Waals surface area contributed by atoms with Gasteiger partial charge in [-0.25, -0.2) is 8.42 Å². The van der Waals surface area contributed by atoms with Gasteiger partial charge in [-0.3, -0.25) is 9.10 Å². The van der Waals surface area contributed by atoms with Gasteiger partial charge in [0.2, 0.25) is 15.9 Å². The molecule has 0 aliphatic carbocycles. The molecule has 0 aliphatic heterocycles. The maximum absolute atomic E-state index is 12.4. The third-order valence-corrected chi connectivity index (χ3v) is 5.26. The van der Waals surface area contributed by atoms with Crippen LogP contribution in [0.25, 0.3) is 0 Å². The summed E-state index contributed by atoms with van der Waals surface area (Å²) in [7, 11) is -3.59. The Morgan fingerprint density at radius 2 is 1.48 bits per heavy atom. The second kappa shape index (κ2) is 9.25. The first-order valence-corrected chi connectivity index (χ1v) is 10.9. The molecule has 29 heavy (non-hydrogen) atoms. The van der Waals surface area contributed by atoms with E-state index in [1.54, 1.807) is 54.6 Å². The number of hydrogen-bond acceptors (Lipinski definition) is 4. The van der Waals surface area contributed by atoms with E-state index in [2.05, 4.69) is 5.32 Å². The molecular formula is C22H22N2O4S. The first kappa shape index (κ1) is 20.4. The number of para-hydroxylation sites is 1. The first-order valence-electron chi connectivity index (χ1n) is 9.01. The lowest BCUT2D eigenvalue weighted by atomic mass is 10.2. The zero-order valence-electron chi connectivity index (χ0n) is 16.0. The Hall–Kier alpha value is -3.32. The van der Waals surface area contributed by atoms with Gasteiger partial charge in [0, 0.05) is 5.69 Å². The normalized spacial score (nSPS) is 10.9. The van der Waals surface area contributed by atoms with E-state index in [1.165, 1.54) is 0 Å². The Kier molecular flexibility index (Phi) is 6.51. The highest BCUT2D eigenvalue weighted by Gasteiger charge is 2.20. The molecule has 0 heterocycles. The van der Waals surface area contributed by atoms with E-state index in [1.807, 2.05) is 30.3 Å². The van der Waals surface area contributed by atoms with E-state index in [-0.39, 0.29) is 6.54 Å². The maximum Gasteiger partial charge on any atom is 0.245 e. The molecule has 0 spiro atoms. The van der Waals surface area contributed by atoms with Gasteiger partial charge in [-0.05, 0) is 42.0 Å². The molecule has 0 unspecified atom stereocenters. The van der Waals surface area contributed by atoms with Gasteiger partial charge in [0.05, 0.1) is 11.9 Å². The third-order valence-electron chi connectivity index (χ3n) is 4.12. The second-order valence-corrected chi connectivity index (χ2v) is 8.36. The van der Waals surface area contributed by atoms with Crippen LogP contribution in [0.2, 0.25) is 0 Å². The van der Waals surface area contributed by atoms with E-state index in [4.69, 9.17) is 4.74 Å². The summed E-state index contributed by atoms with van der Waals surface area (Å²) in [6.07, 6.45) is 1.08. The predicted molar refractivity (Wildman–Crippen MR) is 114 cm³/mol. The molecule has 1 amide bonds. The van der Waals surface area contributed by atoms with Crippen molar-refractivity contribution in [3.05, 3.63) is 90.5 Å². The lowest BCUT2D eigenvalue weighted by Gasteiger charge is -2.21. The highest BCUT2D eigenvalue weighted by atomic mass is 32.2. The van der Waals surface area contributed by atoms with Crippen LogP contribution in [0.4, 0.5) is 11.4 Å². The van der Waals surface area contributed by atoms with Gasteiger partial charge < -0.3 is 10.1 Å². The summed E-state index contributed by atoms with van der Waals surface area (Å²) in [6, 6.07) is 25.3. The quantitative estimate of drug-likeness (QED) is 0.615. The molecule has 3 aromatic carbocycles. The van der Waals surface area contributed by atoms with Crippen molar-refractivity contribution in [2.45, 2.75) is 6.61 Å². The Morgan fingerprint density at radius 1 is 0.897 bits per heavy atom. The number of sulfonamides is 1. The molecule has 0 fully saturated rings. The fourth-order valence-corrected chi connectivity index (χ4v) is 3.56. The number of amides is 1. The number of nitrogens with one attached hydrogen (secondary N) is 1. The van der Waals surface area contributed by atoms with Gasteiger partial charge in [0.15, 0.2) is 0 Å². The largest absolute Gasteiger partial charge is 0.489 e. The average Bonchev–Trinajstić information content (AvgIpc) is 2.72. The van der Waals surface area contributed by atoms with Crippen LogP contribution in [0, 0.1) is 0 Å². The molecule has 150 valence electrons. The average molecular weight is 410 g/mol. The monoisotopic (exact) mass is 410 g/mol. The SMILES string of the molecule is CS(=O)(=O)N(CC(=O)Nc1ccc(OCc2ccccc2)cc1)c1ccccc1. The molecular weight excluding hydrogens is 388 g/mol. The van der Waals surface area contributed by atoms with Gasteiger partial charge in [0.25, 0.3) is 0 Å². The fourth-order valence-electron chi connectivity index (χ4n) is 2.70. The molecule has 0 aromatic heterocycles. The Bertz CT molecular complexity index is 1040. The molecule has 0 aliphatic rings. The number of ether oxygens (including phenoxy) is 1. The van der Waals surface area contributed by atoms with Crippen LogP contribution in [0.5, 0.6) is 5.75 Å². The van der Waals surface area contributed by atoms with E-state index in [9.17, 15) is 13.2 Å². The van der Waals surface area contributed by atoms with Crippen molar-refractivity contribution in [2.75, 3.05) is 22.4 Å². The molecule has 0 saturated heterocycles. The Balaban J connectivity index is 1.59. The van der Waals surface area contributed by atoms with Crippen molar-refractivity contribution >= 4 is 27.3 Å². The van der Waals surface area contributed by atoms with Crippen LogP contribution in [0.1, 0.15) is 5.56 Å². The number of rotatable bonds is 8. The zero-order valence-corrected chi connectivity index (χ0v) is 16.8. The number of hydrogen-bond donors (Lipinski definition) is 1. The highest BCUT2D eigenvalue weighted by Crippen LogP contribution is 2.19. The third kappa shape index (κ3) is 6.08. The van der Waals surface area contributed by atoms with Crippen molar-refractivity contribution in [3.8, 4) is 5.75 Å². The lowest BCUT2D eigenvalue weighted by molar-refractivity contribution is -0.114. The first-order chi connectivity index (χ1) is 13.9. The van der Waals surface area contributed by atoms with Gasteiger partial charge in [-0.15, -0.1) is 0 Å². The van der Waals surface area contributed by atoms with Crippen LogP contribution in [0.15, 0.2) is 84.9 Å². The number of anilines is 2. The summed E-state index contributed by atoms with van der Waals surface area (Å²) in [6.45, 7) is 0.141. The molecule has 0 atom stereocenters. The van der Waals surface area contributed by atoms with Crippen molar-refractivity contribution in [1.29, 1.82) is 0 Å². The standard InChI is InChI=1S/C22H22N2O4S/c1-29(26,27)24(20-10-6-3-7-11-20)16-22(25)23-19-12-14-21(15-13-19)28-17-18-8-4-2-5-9-18/h2-15H,16-17H2,1H3,(H,23,25).